The van der Waals surface area contributed by atoms with Gasteiger partial charge in [-0.2, -0.15) is 0 Å². The number of benzene rings is 3. The highest BCUT2D eigenvalue weighted by Gasteiger charge is 2.19. The van der Waals surface area contributed by atoms with Crippen LogP contribution in [-0.4, -0.2) is 34.9 Å². The predicted molar refractivity (Wildman–Crippen MR) is 116 cm³/mol. The maximum atomic E-state index is 12.1. The van der Waals surface area contributed by atoms with Gasteiger partial charge in [-0.3, -0.25) is 4.79 Å². The Hall–Kier alpha value is -4.28. The lowest BCUT2D eigenvalue weighted by molar-refractivity contribution is -0.118. The summed E-state index contributed by atoms with van der Waals surface area (Å²) in [5.41, 5.74) is 2.18. The molecule has 0 saturated heterocycles. The summed E-state index contributed by atoms with van der Waals surface area (Å²) in [6.45, 7) is -0.659. The number of nitrogens with one attached hydrogen (secondary N) is 2. The molecular weight excluding hydrogens is 396 g/mol. The Morgan fingerprint density at radius 3 is 2.19 bits per heavy atom. The van der Waals surface area contributed by atoms with Gasteiger partial charge in [0, 0.05) is 22.9 Å². The third kappa shape index (κ3) is 6.63. The van der Waals surface area contributed by atoms with Gasteiger partial charge in [-0.25, -0.2) is 4.79 Å². The maximum absolute atomic E-state index is 12.1. The second kappa shape index (κ2) is 10.5. The van der Waals surface area contributed by atoms with Crippen molar-refractivity contribution in [1.82, 2.24) is 5.32 Å². The van der Waals surface area contributed by atoms with Crippen LogP contribution in [0.15, 0.2) is 78.9 Å². The standard InChI is InChI=1S/C24H20N2O5/c27-16-22(26-24(29)30)23(28)25-19-7-4-8-21(15-19)31-20-13-11-18(12-14-20)10-9-17-5-2-1-3-6-17/h1-8,11-15,22,26-27H,16H2,(H,25,28)(H,29,30). The average molecular weight is 416 g/mol. The van der Waals surface area contributed by atoms with Crippen molar-refractivity contribution in [2.45, 2.75) is 6.04 Å². The lowest BCUT2D eigenvalue weighted by atomic mass is 10.2. The van der Waals surface area contributed by atoms with E-state index in [9.17, 15) is 14.7 Å². The lowest BCUT2D eigenvalue weighted by Gasteiger charge is -2.14. The Kier molecular flexibility index (Phi) is 7.25. The molecule has 0 heterocycles. The number of carbonyl (C=O) groups excluding carboxylic acids is 1. The van der Waals surface area contributed by atoms with Crippen molar-refractivity contribution in [2.24, 2.45) is 0 Å². The number of hydrogen-bond donors (Lipinski definition) is 4. The Morgan fingerprint density at radius 2 is 1.55 bits per heavy atom. The van der Waals surface area contributed by atoms with Crippen LogP contribution in [-0.2, 0) is 4.79 Å². The SMILES string of the molecule is O=C(O)NC(CO)C(=O)Nc1cccc(Oc2ccc(C#Cc3ccccc3)cc2)c1. The molecule has 2 amide bonds. The van der Waals surface area contributed by atoms with E-state index < -0.39 is 24.6 Å². The largest absolute Gasteiger partial charge is 0.465 e. The summed E-state index contributed by atoms with van der Waals surface area (Å²) in [5, 5.41) is 22.4. The molecule has 7 heteroatoms. The lowest BCUT2D eigenvalue weighted by Crippen LogP contribution is -2.45. The zero-order chi connectivity index (χ0) is 22.1. The Bertz CT molecular complexity index is 1100. The number of rotatable bonds is 6. The van der Waals surface area contributed by atoms with Gasteiger partial charge in [-0.05, 0) is 48.5 Å². The summed E-state index contributed by atoms with van der Waals surface area (Å²) < 4.78 is 5.81. The third-order valence-corrected chi connectivity index (χ3v) is 4.11. The van der Waals surface area contributed by atoms with Gasteiger partial charge < -0.3 is 25.6 Å². The number of hydrogen-bond acceptors (Lipinski definition) is 4. The minimum atomic E-state index is -1.40. The number of carbonyl (C=O) groups is 2. The van der Waals surface area contributed by atoms with Crippen molar-refractivity contribution in [3.05, 3.63) is 90.0 Å². The first-order valence-corrected chi connectivity index (χ1v) is 9.40. The molecule has 0 saturated carbocycles. The molecule has 156 valence electrons. The molecular formula is C24H20N2O5. The summed E-state index contributed by atoms with van der Waals surface area (Å²) in [7, 11) is 0. The molecule has 0 aliphatic heterocycles. The normalized spacial score (nSPS) is 10.9. The molecule has 3 rings (SSSR count). The molecule has 0 aliphatic rings. The summed E-state index contributed by atoms with van der Waals surface area (Å²) >= 11 is 0. The molecule has 0 aromatic heterocycles. The van der Waals surface area contributed by atoms with Crippen molar-refractivity contribution < 1.29 is 24.5 Å². The van der Waals surface area contributed by atoms with Crippen LogP contribution in [0.2, 0.25) is 0 Å². The van der Waals surface area contributed by atoms with E-state index in [4.69, 9.17) is 9.84 Å². The summed E-state index contributed by atoms with van der Waals surface area (Å²) in [6.07, 6.45) is -1.40. The van der Waals surface area contributed by atoms with E-state index in [1.54, 1.807) is 36.4 Å². The predicted octanol–water partition coefficient (Wildman–Crippen LogP) is 3.45. The highest BCUT2D eigenvalue weighted by Crippen LogP contribution is 2.24. The molecule has 3 aromatic rings. The molecule has 4 N–H and O–H groups in total. The van der Waals surface area contributed by atoms with Gasteiger partial charge in [0.15, 0.2) is 0 Å². The molecule has 0 radical (unpaired) electrons. The molecule has 31 heavy (non-hydrogen) atoms. The minimum Gasteiger partial charge on any atom is -0.465 e. The van der Waals surface area contributed by atoms with Gasteiger partial charge >= 0.3 is 6.09 Å². The first-order chi connectivity index (χ1) is 15.0. The van der Waals surface area contributed by atoms with E-state index in [1.807, 2.05) is 47.8 Å². The topological polar surface area (TPSA) is 108 Å². The summed E-state index contributed by atoms with van der Waals surface area (Å²) in [4.78, 5) is 22.8. The first-order valence-electron chi connectivity index (χ1n) is 9.40. The number of ether oxygens (including phenoxy) is 1. The fourth-order valence-corrected chi connectivity index (χ4v) is 2.62. The number of aliphatic hydroxyl groups excluding tert-OH is 1. The number of aliphatic hydroxyl groups is 1. The van der Waals surface area contributed by atoms with Gasteiger partial charge in [0.2, 0.25) is 5.91 Å². The van der Waals surface area contributed by atoms with Crippen LogP contribution in [0.25, 0.3) is 0 Å². The molecule has 0 aliphatic carbocycles. The maximum Gasteiger partial charge on any atom is 0.405 e. The van der Waals surface area contributed by atoms with Gasteiger partial charge in [-0.1, -0.05) is 36.1 Å². The fraction of sp³-hybridized carbons (Fsp3) is 0.0833. The van der Waals surface area contributed by atoms with Crippen molar-refractivity contribution in [2.75, 3.05) is 11.9 Å². The molecule has 0 spiro atoms. The molecule has 0 fully saturated rings. The van der Waals surface area contributed by atoms with E-state index in [0.717, 1.165) is 11.1 Å². The minimum absolute atomic E-state index is 0.401. The smallest absolute Gasteiger partial charge is 0.405 e. The zero-order valence-electron chi connectivity index (χ0n) is 16.4. The Balaban J connectivity index is 1.63. The van der Waals surface area contributed by atoms with E-state index >= 15 is 0 Å². The molecule has 0 bridgehead atoms. The summed E-state index contributed by atoms with van der Waals surface area (Å²) in [5.74, 6) is 6.58. The molecule has 7 nitrogen and oxygen atoms in total. The van der Waals surface area contributed by atoms with E-state index in [0.29, 0.717) is 17.2 Å². The summed E-state index contributed by atoms with van der Waals surface area (Å²) in [6, 6.07) is 22.3. The second-order valence-electron chi connectivity index (χ2n) is 6.44. The van der Waals surface area contributed by atoms with Crippen LogP contribution in [0, 0.1) is 11.8 Å². The van der Waals surface area contributed by atoms with Crippen molar-refractivity contribution in [3.63, 3.8) is 0 Å². The average Bonchev–Trinajstić information content (AvgIpc) is 2.78. The number of anilines is 1. The van der Waals surface area contributed by atoms with Crippen LogP contribution in [0.3, 0.4) is 0 Å². The second-order valence-corrected chi connectivity index (χ2v) is 6.44. The molecule has 1 atom stereocenters. The van der Waals surface area contributed by atoms with Crippen LogP contribution in [0.1, 0.15) is 11.1 Å². The van der Waals surface area contributed by atoms with Gasteiger partial charge in [-0.15, -0.1) is 0 Å². The first kappa shape index (κ1) is 21.4. The monoisotopic (exact) mass is 416 g/mol. The van der Waals surface area contributed by atoms with E-state index in [2.05, 4.69) is 17.2 Å². The quantitative estimate of drug-likeness (QED) is 0.461. The van der Waals surface area contributed by atoms with Crippen molar-refractivity contribution in [3.8, 4) is 23.3 Å². The van der Waals surface area contributed by atoms with Crippen LogP contribution < -0.4 is 15.4 Å². The zero-order valence-corrected chi connectivity index (χ0v) is 16.4. The number of carboxylic acid groups (broad SMARTS) is 1. The van der Waals surface area contributed by atoms with Gasteiger partial charge in [0.1, 0.15) is 17.5 Å². The van der Waals surface area contributed by atoms with Gasteiger partial charge in [0.05, 0.1) is 6.61 Å². The van der Waals surface area contributed by atoms with Crippen LogP contribution >= 0.6 is 0 Å². The van der Waals surface area contributed by atoms with Crippen LogP contribution in [0.4, 0.5) is 10.5 Å². The Labute approximate surface area is 179 Å². The van der Waals surface area contributed by atoms with Crippen LogP contribution in [0.5, 0.6) is 11.5 Å². The van der Waals surface area contributed by atoms with Gasteiger partial charge in [0.25, 0.3) is 0 Å². The molecule has 3 aromatic carbocycles. The third-order valence-electron chi connectivity index (χ3n) is 4.11. The molecule has 1 unspecified atom stereocenters. The van der Waals surface area contributed by atoms with Crippen molar-refractivity contribution in [1.29, 1.82) is 0 Å². The number of amides is 2. The fourth-order valence-electron chi connectivity index (χ4n) is 2.62. The highest BCUT2D eigenvalue weighted by atomic mass is 16.5. The Morgan fingerprint density at radius 1 is 0.871 bits per heavy atom. The van der Waals surface area contributed by atoms with E-state index in [1.165, 1.54) is 0 Å². The van der Waals surface area contributed by atoms with E-state index in [-0.39, 0.29) is 0 Å². The highest BCUT2D eigenvalue weighted by molar-refractivity contribution is 5.96. The van der Waals surface area contributed by atoms with Crippen molar-refractivity contribution >= 4 is 17.7 Å².